The quantitative estimate of drug-likeness (QED) is 0.718. The molecule has 0 saturated carbocycles. The van der Waals surface area contributed by atoms with Crippen LogP contribution in [0.4, 0.5) is 5.13 Å². The van der Waals surface area contributed by atoms with Crippen LogP contribution >= 0.6 is 11.3 Å². The van der Waals surface area contributed by atoms with E-state index < -0.39 is 0 Å². The molecule has 1 fully saturated rings. The molecular formula is C8H10N4O2S. The number of aromatic nitrogens is 2. The van der Waals surface area contributed by atoms with Crippen LogP contribution in [0.5, 0.6) is 0 Å². The van der Waals surface area contributed by atoms with E-state index in [4.69, 9.17) is 5.73 Å². The number of nitrogens with two attached hydrogens (primary N) is 1. The van der Waals surface area contributed by atoms with E-state index in [0.717, 1.165) is 0 Å². The summed E-state index contributed by atoms with van der Waals surface area (Å²) in [5, 5.41) is 8.33. The summed E-state index contributed by atoms with van der Waals surface area (Å²) in [5.74, 6) is -0.516. The average molecular weight is 226 g/mol. The van der Waals surface area contributed by atoms with Crippen molar-refractivity contribution in [3.8, 4) is 0 Å². The van der Waals surface area contributed by atoms with Crippen molar-refractivity contribution in [3.05, 3.63) is 5.01 Å². The van der Waals surface area contributed by atoms with Crippen molar-refractivity contribution in [2.24, 2.45) is 5.92 Å². The Morgan fingerprint density at radius 3 is 2.73 bits per heavy atom. The molecule has 1 unspecified atom stereocenters. The summed E-state index contributed by atoms with van der Waals surface area (Å²) in [7, 11) is 0. The Hall–Kier alpha value is -1.50. The lowest BCUT2D eigenvalue weighted by molar-refractivity contribution is -0.139. The van der Waals surface area contributed by atoms with Crippen LogP contribution in [0.3, 0.4) is 0 Å². The maximum absolute atomic E-state index is 11.6. The largest absolute Gasteiger partial charge is 0.374 e. The van der Waals surface area contributed by atoms with E-state index in [1.165, 1.54) is 16.2 Å². The number of imide groups is 1. The highest BCUT2D eigenvalue weighted by Gasteiger charge is 2.35. The third-order valence-electron chi connectivity index (χ3n) is 2.25. The van der Waals surface area contributed by atoms with Crippen molar-refractivity contribution in [3.63, 3.8) is 0 Å². The maximum atomic E-state index is 11.6. The molecule has 0 spiro atoms. The number of nitrogens with zero attached hydrogens (tertiary/aromatic N) is 3. The topological polar surface area (TPSA) is 89.2 Å². The number of amides is 2. The molecule has 1 atom stereocenters. The predicted molar refractivity (Wildman–Crippen MR) is 53.7 cm³/mol. The molecule has 0 aromatic carbocycles. The van der Waals surface area contributed by atoms with Crippen LogP contribution in [0.2, 0.25) is 0 Å². The Balaban J connectivity index is 2.12. The number of carbonyl (C=O) groups excluding carboxylic acids is 2. The van der Waals surface area contributed by atoms with E-state index in [9.17, 15) is 9.59 Å². The number of hydrogen-bond acceptors (Lipinski definition) is 6. The highest BCUT2D eigenvalue weighted by Crippen LogP contribution is 2.22. The minimum atomic E-state index is -0.220. The number of anilines is 1. The Labute approximate surface area is 90.1 Å². The van der Waals surface area contributed by atoms with Gasteiger partial charge in [-0.3, -0.25) is 14.5 Å². The first-order valence-corrected chi connectivity index (χ1v) is 5.31. The van der Waals surface area contributed by atoms with Gasteiger partial charge >= 0.3 is 0 Å². The van der Waals surface area contributed by atoms with Gasteiger partial charge in [0.15, 0.2) is 0 Å². The molecule has 1 aliphatic heterocycles. The first-order chi connectivity index (χ1) is 7.08. The van der Waals surface area contributed by atoms with Gasteiger partial charge in [-0.2, -0.15) is 0 Å². The van der Waals surface area contributed by atoms with Crippen LogP contribution in [0.15, 0.2) is 0 Å². The fourth-order valence-electron chi connectivity index (χ4n) is 1.48. The van der Waals surface area contributed by atoms with Crippen LogP contribution in [0, 0.1) is 5.92 Å². The van der Waals surface area contributed by atoms with Gasteiger partial charge in [-0.15, -0.1) is 10.2 Å². The zero-order valence-corrected chi connectivity index (χ0v) is 8.95. The number of rotatable bonds is 2. The summed E-state index contributed by atoms with van der Waals surface area (Å²) in [6.45, 7) is 1.94. The maximum Gasteiger partial charge on any atom is 0.232 e. The standard InChI is InChI=1S/C8H10N4O2S/c1-4-2-6(13)12(7(4)14)3-5-10-11-8(9)15-5/h4H,2-3H2,1H3,(H2,9,11). The van der Waals surface area contributed by atoms with Crippen LogP contribution < -0.4 is 5.73 Å². The van der Waals surface area contributed by atoms with E-state index in [1.807, 2.05) is 0 Å². The first-order valence-electron chi connectivity index (χ1n) is 4.50. The second-order valence-corrected chi connectivity index (χ2v) is 4.55. The molecule has 2 rings (SSSR count). The third kappa shape index (κ3) is 1.82. The highest BCUT2D eigenvalue weighted by molar-refractivity contribution is 7.15. The lowest BCUT2D eigenvalue weighted by atomic mass is 10.1. The number of carbonyl (C=O) groups is 2. The smallest absolute Gasteiger partial charge is 0.232 e. The second kappa shape index (κ2) is 3.58. The second-order valence-electron chi connectivity index (χ2n) is 3.46. The van der Waals surface area contributed by atoms with Crippen molar-refractivity contribution in [1.82, 2.24) is 15.1 Å². The SMILES string of the molecule is CC1CC(=O)N(Cc2nnc(N)s2)C1=O. The molecule has 1 aromatic rings. The molecule has 0 radical (unpaired) electrons. The van der Waals surface area contributed by atoms with Gasteiger partial charge in [-0.25, -0.2) is 0 Å². The van der Waals surface area contributed by atoms with Crippen LogP contribution in [0.1, 0.15) is 18.4 Å². The van der Waals surface area contributed by atoms with Crippen LogP contribution in [-0.2, 0) is 16.1 Å². The molecule has 2 heterocycles. The molecule has 1 aliphatic rings. The van der Waals surface area contributed by atoms with E-state index in [-0.39, 0.29) is 30.7 Å². The zero-order valence-electron chi connectivity index (χ0n) is 8.14. The van der Waals surface area contributed by atoms with Crippen LogP contribution in [-0.4, -0.2) is 26.9 Å². The van der Waals surface area contributed by atoms with Crippen molar-refractivity contribution >= 4 is 28.3 Å². The Morgan fingerprint density at radius 1 is 1.53 bits per heavy atom. The van der Waals surface area contributed by atoms with E-state index in [1.54, 1.807) is 6.92 Å². The summed E-state index contributed by atoms with van der Waals surface area (Å²) in [6.07, 6.45) is 0.285. The molecule has 1 aromatic heterocycles. The van der Waals surface area contributed by atoms with Crippen LogP contribution in [0.25, 0.3) is 0 Å². The molecule has 7 heteroatoms. The Morgan fingerprint density at radius 2 is 2.27 bits per heavy atom. The molecule has 2 N–H and O–H groups in total. The summed E-state index contributed by atoms with van der Waals surface area (Å²) in [4.78, 5) is 24.2. The van der Waals surface area contributed by atoms with Gasteiger partial charge in [0.25, 0.3) is 0 Å². The van der Waals surface area contributed by atoms with Gasteiger partial charge in [-0.05, 0) is 0 Å². The Kier molecular flexibility index (Phi) is 2.39. The van der Waals surface area contributed by atoms with Gasteiger partial charge in [0.1, 0.15) is 5.01 Å². The summed E-state index contributed by atoms with van der Waals surface area (Å²) >= 11 is 1.19. The minimum Gasteiger partial charge on any atom is -0.374 e. The van der Waals surface area contributed by atoms with E-state index in [0.29, 0.717) is 10.1 Å². The molecule has 2 amide bonds. The van der Waals surface area contributed by atoms with Gasteiger partial charge < -0.3 is 5.73 Å². The lowest BCUT2D eigenvalue weighted by Crippen LogP contribution is -2.29. The lowest BCUT2D eigenvalue weighted by Gasteiger charge is -2.11. The van der Waals surface area contributed by atoms with E-state index >= 15 is 0 Å². The molecule has 0 aliphatic carbocycles. The van der Waals surface area contributed by atoms with Crippen molar-refractivity contribution < 1.29 is 9.59 Å². The molecule has 80 valence electrons. The normalized spacial score (nSPS) is 21.4. The van der Waals surface area contributed by atoms with Crippen molar-refractivity contribution in [2.75, 3.05) is 5.73 Å². The highest BCUT2D eigenvalue weighted by atomic mass is 32.1. The van der Waals surface area contributed by atoms with Gasteiger partial charge in [-0.1, -0.05) is 18.3 Å². The van der Waals surface area contributed by atoms with Crippen molar-refractivity contribution in [2.45, 2.75) is 19.9 Å². The summed E-state index contributed by atoms with van der Waals surface area (Å²) < 4.78 is 0. The predicted octanol–water partition coefficient (Wildman–Crippen LogP) is 0.0153. The summed E-state index contributed by atoms with van der Waals surface area (Å²) in [5.41, 5.74) is 5.41. The van der Waals surface area contributed by atoms with Gasteiger partial charge in [0.2, 0.25) is 16.9 Å². The fraction of sp³-hybridized carbons (Fsp3) is 0.500. The van der Waals surface area contributed by atoms with E-state index in [2.05, 4.69) is 10.2 Å². The molecule has 6 nitrogen and oxygen atoms in total. The number of likely N-dealkylation sites (tertiary alicyclic amines) is 1. The fourth-order valence-corrected chi connectivity index (χ4v) is 2.08. The third-order valence-corrected chi connectivity index (χ3v) is 2.98. The molecular weight excluding hydrogens is 216 g/mol. The molecule has 15 heavy (non-hydrogen) atoms. The van der Waals surface area contributed by atoms with Gasteiger partial charge in [0, 0.05) is 12.3 Å². The number of nitrogen functional groups attached to an aromatic ring is 1. The zero-order chi connectivity index (χ0) is 11.0. The number of hydrogen-bond donors (Lipinski definition) is 1. The molecule has 0 bridgehead atoms. The molecule has 1 saturated heterocycles. The average Bonchev–Trinajstić information content (AvgIpc) is 2.67. The Bertz CT molecular complexity index is 417. The van der Waals surface area contributed by atoms with Crippen molar-refractivity contribution in [1.29, 1.82) is 0 Å². The summed E-state index contributed by atoms with van der Waals surface area (Å²) in [6, 6.07) is 0. The monoisotopic (exact) mass is 226 g/mol. The first kappa shape index (κ1) is 10.0. The van der Waals surface area contributed by atoms with Gasteiger partial charge in [0.05, 0.1) is 6.54 Å². The minimum absolute atomic E-state index is 0.145.